The number of carbonyl (C=O) groups is 1. The molecule has 0 aromatic heterocycles. The molecule has 0 unspecified atom stereocenters. The lowest BCUT2D eigenvalue weighted by atomic mass is 9.99. The van der Waals surface area contributed by atoms with E-state index in [0.29, 0.717) is 6.54 Å². The molecule has 0 fully saturated rings. The summed E-state index contributed by atoms with van der Waals surface area (Å²) in [5.74, 6) is 0.894. The van der Waals surface area contributed by atoms with Crippen LogP contribution in [-0.4, -0.2) is 30.0 Å². The molecule has 4 rings (SSSR count). The summed E-state index contributed by atoms with van der Waals surface area (Å²) in [6, 6.07) is 24.9. The number of nitrogens with zero attached hydrogens (tertiary/aromatic N) is 1. The van der Waals surface area contributed by atoms with Gasteiger partial charge in [0.2, 0.25) is 0 Å². The van der Waals surface area contributed by atoms with Crippen molar-refractivity contribution in [1.82, 2.24) is 10.2 Å². The fourth-order valence-corrected chi connectivity index (χ4v) is 4.35. The molecule has 33 heavy (non-hydrogen) atoms. The SMILES string of the molecule is CC(C)Oc1cccc(CCCNC(=O)c2ccc(CN3CCc4ccccc4C3)cc2)c1. The van der Waals surface area contributed by atoms with Gasteiger partial charge in [0.15, 0.2) is 0 Å². The average molecular weight is 443 g/mol. The highest BCUT2D eigenvalue weighted by atomic mass is 16.5. The minimum atomic E-state index is -0.00894. The first kappa shape index (κ1) is 23.1. The summed E-state index contributed by atoms with van der Waals surface area (Å²) < 4.78 is 5.76. The summed E-state index contributed by atoms with van der Waals surface area (Å²) >= 11 is 0. The van der Waals surface area contributed by atoms with Crippen LogP contribution in [-0.2, 0) is 25.9 Å². The number of amides is 1. The van der Waals surface area contributed by atoms with Crippen molar-refractivity contribution in [2.45, 2.75) is 52.3 Å². The lowest BCUT2D eigenvalue weighted by Gasteiger charge is -2.28. The minimum Gasteiger partial charge on any atom is -0.491 e. The Morgan fingerprint density at radius 2 is 1.76 bits per heavy atom. The molecule has 0 saturated carbocycles. The fraction of sp³-hybridized carbons (Fsp3) is 0.345. The highest BCUT2D eigenvalue weighted by molar-refractivity contribution is 5.94. The number of hydrogen-bond donors (Lipinski definition) is 1. The normalized spacial score (nSPS) is 13.5. The fourth-order valence-electron chi connectivity index (χ4n) is 4.35. The van der Waals surface area contributed by atoms with E-state index in [1.165, 1.54) is 22.3 Å². The number of aryl methyl sites for hydroxylation is 1. The van der Waals surface area contributed by atoms with Gasteiger partial charge in [-0.2, -0.15) is 0 Å². The van der Waals surface area contributed by atoms with Crippen LogP contribution in [0.3, 0.4) is 0 Å². The van der Waals surface area contributed by atoms with Crippen molar-refractivity contribution in [3.8, 4) is 5.75 Å². The van der Waals surface area contributed by atoms with Gasteiger partial charge in [-0.1, -0.05) is 48.5 Å². The van der Waals surface area contributed by atoms with Gasteiger partial charge in [-0.05, 0) is 79.6 Å². The Balaban J connectivity index is 1.21. The Morgan fingerprint density at radius 3 is 2.55 bits per heavy atom. The Labute approximate surface area is 197 Å². The standard InChI is InChI=1S/C29H34N2O2/c1-22(2)33-28-11-5-7-23(19-28)8-6-17-30-29(32)26-14-12-24(13-15-26)20-31-18-16-25-9-3-4-10-27(25)21-31/h3-5,7,9-15,19,22H,6,8,16-18,20-21H2,1-2H3,(H,30,32). The van der Waals surface area contributed by atoms with Crippen LogP contribution in [0.1, 0.15) is 52.9 Å². The van der Waals surface area contributed by atoms with Gasteiger partial charge in [-0.3, -0.25) is 9.69 Å². The molecule has 1 amide bonds. The molecule has 0 atom stereocenters. The molecule has 0 bridgehead atoms. The Bertz CT molecular complexity index is 1060. The van der Waals surface area contributed by atoms with Crippen molar-refractivity contribution in [3.05, 3.63) is 101 Å². The van der Waals surface area contributed by atoms with Crippen LogP contribution in [0.15, 0.2) is 72.8 Å². The van der Waals surface area contributed by atoms with E-state index in [1.807, 2.05) is 38.1 Å². The highest BCUT2D eigenvalue weighted by Crippen LogP contribution is 2.20. The molecule has 3 aromatic rings. The van der Waals surface area contributed by atoms with Gasteiger partial charge in [0.05, 0.1) is 6.10 Å². The third kappa shape index (κ3) is 6.69. The predicted molar refractivity (Wildman–Crippen MR) is 134 cm³/mol. The smallest absolute Gasteiger partial charge is 0.251 e. The summed E-state index contributed by atoms with van der Waals surface area (Å²) in [6.07, 6.45) is 3.08. The summed E-state index contributed by atoms with van der Waals surface area (Å²) in [4.78, 5) is 15.0. The monoisotopic (exact) mass is 442 g/mol. The number of fused-ring (bicyclic) bond motifs is 1. The summed E-state index contributed by atoms with van der Waals surface area (Å²) in [7, 11) is 0. The quantitative estimate of drug-likeness (QED) is 0.452. The number of ether oxygens (including phenoxy) is 1. The molecule has 4 heteroatoms. The average Bonchev–Trinajstić information content (AvgIpc) is 2.82. The zero-order valence-corrected chi connectivity index (χ0v) is 19.7. The zero-order valence-electron chi connectivity index (χ0n) is 19.7. The Kier molecular flexibility index (Phi) is 7.79. The first-order valence-electron chi connectivity index (χ1n) is 12.0. The molecular formula is C29H34N2O2. The van der Waals surface area contributed by atoms with Gasteiger partial charge in [-0.15, -0.1) is 0 Å². The van der Waals surface area contributed by atoms with Crippen LogP contribution < -0.4 is 10.1 Å². The first-order valence-corrected chi connectivity index (χ1v) is 12.0. The van der Waals surface area contributed by atoms with Crippen molar-refractivity contribution in [3.63, 3.8) is 0 Å². The second-order valence-corrected chi connectivity index (χ2v) is 9.10. The first-order chi connectivity index (χ1) is 16.1. The maximum absolute atomic E-state index is 12.5. The summed E-state index contributed by atoms with van der Waals surface area (Å²) in [5.41, 5.74) is 6.09. The molecule has 3 aromatic carbocycles. The van der Waals surface area contributed by atoms with E-state index in [9.17, 15) is 4.79 Å². The number of carbonyl (C=O) groups excluding carboxylic acids is 1. The van der Waals surface area contributed by atoms with Crippen LogP contribution in [0.5, 0.6) is 5.75 Å². The van der Waals surface area contributed by atoms with E-state index >= 15 is 0 Å². The molecular weight excluding hydrogens is 408 g/mol. The van der Waals surface area contributed by atoms with Crippen molar-refractivity contribution in [2.75, 3.05) is 13.1 Å². The Morgan fingerprint density at radius 1 is 0.970 bits per heavy atom. The van der Waals surface area contributed by atoms with Crippen LogP contribution in [0.2, 0.25) is 0 Å². The van der Waals surface area contributed by atoms with Crippen LogP contribution in [0, 0.1) is 0 Å². The third-order valence-corrected chi connectivity index (χ3v) is 6.03. The van der Waals surface area contributed by atoms with E-state index in [1.54, 1.807) is 0 Å². The minimum absolute atomic E-state index is 0.00894. The van der Waals surface area contributed by atoms with Crippen LogP contribution in [0.4, 0.5) is 0 Å². The van der Waals surface area contributed by atoms with E-state index in [4.69, 9.17) is 4.74 Å². The van der Waals surface area contributed by atoms with Gasteiger partial charge in [-0.25, -0.2) is 0 Å². The zero-order chi connectivity index (χ0) is 23.0. The molecule has 0 saturated heterocycles. The van der Waals surface area contributed by atoms with E-state index < -0.39 is 0 Å². The van der Waals surface area contributed by atoms with Crippen LogP contribution in [0.25, 0.3) is 0 Å². The van der Waals surface area contributed by atoms with Gasteiger partial charge < -0.3 is 10.1 Å². The van der Waals surface area contributed by atoms with Gasteiger partial charge >= 0.3 is 0 Å². The molecule has 1 aliphatic rings. The van der Waals surface area contributed by atoms with Gasteiger partial charge in [0.25, 0.3) is 5.91 Å². The predicted octanol–water partition coefficient (Wildman–Crippen LogP) is 5.39. The largest absolute Gasteiger partial charge is 0.491 e. The van der Waals surface area contributed by atoms with Crippen molar-refractivity contribution < 1.29 is 9.53 Å². The van der Waals surface area contributed by atoms with Crippen LogP contribution >= 0.6 is 0 Å². The van der Waals surface area contributed by atoms with E-state index in [0.717, 1.165) is 50.2 Å². The molecule has 172 valence electrons. The lowest BCUT2D eigenvalue weighted by molar-refractivity contribution is 0.0953. The Hall–Kier alpha value is -3.11. The lowest BCUT2D eigenvalue weighted by Crippen LogP contribution is -2.30. The molecule has 0 radical (unpaired) electrons. The summed E-state index contributed by atoms with van der Waals surface area (Å²) in [6.45, 7) is 7.69. The maximum atomic E-state index is 12.5. The van der Waals surface area contributed by atoms with E-state index in [-0.39, 0.29) is 12.0 Å². The number of benzene rings is 3. The van der Waals surface area contributed by atoms with Gasteiger partial charge in [0.1, 0.15) is 5.75 Å². The highest BCUT2D eigenvalue weighted by Gasteiger charge is 2.16. The second-order valence-electron chi connectivity index (χ2n) is 9.10. The molecule has 0 aliphatic carbocycles. The molecule has 4 nitrogen and oxygen atoms in total. The number of hydrogen-bond acceptors (Lipinski definition) is 3. The van der Waals surface area contributed by atoms with E-state index in [2.05, 4.69) is 58.7 Å². The molecule has 0 spiro atoms. The second kappa shape index (κ2) is 11.2. The topological polar surface area (TPSA) is 41.6 Å². The molecule has 1 N–H and O–H groups in total. The van der Waals surface area contributed by atoms with Crippen molar-refractivity contribution in [2.24, 2.45) is 0 Å². The van der Waals surface area contributed by atoms with Gasteiger partial charge in [0, 0.05) is 31.7 Å². The number of rotatable bonds is 9. The summed E-state index contributed by atoms with van der Waals surface area (Å²) in [5, 5.41) is 3.05. The molecule has 1 heterocycles. The van der Waals surface area contributed by atoms with Crippen molar-refractivity contribution >= 4 is 5.91 Å². The van der Waals surface area contributed by atoms with Crippen molar-refractivity contribution in [1.29, 1.82) is 0 Å². The number of nitrogens with one attached hydrogen (secondary N) is 1. The molecule has 1 aliphatic heterocycles. The third-order valence-electron chi connectivity index (χ3n) is 6.03. The maximum Gasteiger partial charge on any atom is 0.251 e.